The van der Waals surface area contributed by atoms with Crippen LogP contribution in [0.2, 0.25) is 0 Å². The number of nitrogens with zero attached hydrogens (tertiary/aromatic N) is 1. The van der Waals surface area contributed by atoms with E-state index in [9.17, 15) is 9.59 Å². The third-order valence-electron chi connectivity index (χ3n) is 2.93. The zero-order chi connectivity index (χ0) is 12.6. The molecule has 17 heavy (non-hydrogen) atoms. The minimum absolute atomic E-state index is 0.142. The number of aliphatic carboxylic acids is 1. The molecule has 0 atom stereocenters. The Labute approximate surface area is 99.0 Å². The van der Waals surface area contributed by atoms with Crippen molar-refractivity contribution in [3.8, 4) is 0 Å². The number of rotatable bonds is 2. The summed E-state index contributed by atoms with van der Waals surface area (Å²) in [6.07, 6.45) is 0. The summed E-state index contributed by atoms with van der Waals surface area (Å²) in [5, 5.41) is 11.8. The highest BCUT2D eigenvalue weighted by atomic mass is 16.4. The molecule has 1 aliphatic heterocycles. The third kappa shape index (κ3) is 2.08. The number of anilines is 2. The molecule has 0 fully saturated rings. The van der Waals surface area contributed by atoms with Crippen molar-refractivity contribution in [2.75, 3.05) is 23.3 Å². The average molecular weight is 234 g/mol. The lowest BCUT2D eigenvalue weighted by Crippen LogP contribution is -2.42. The highest BCUT2D eigenvalue weighted by Crippen LogP contribution is 2.32. The van der Waals surface area contributed by atoms with Gasteiger partial charge < -0.3 is 10.4 Å². The fourth-order valence-corrected chi connectivity index (χ4v) is 1.88. The van der Waals surface area contributed by atoms with Crippen molar-refractivity contribution >= 4 is 23.3 Å². The van der Waals surface area contributed by atoms with Crippen LogP contribution in [0.4, 0.5) is 11.4 Å². The van der Waals surface area contributed by atoms with Crippen LogP contribution in [-0.2, 0) is 9.59 Å². The molecule has 0 aliphatic carbocycles. The molecule has 2 N–H and O–H groups in total. The first-order chi connectivity index (χ1) is 7.99. The highest BCUT2D eigenvalue weighted by Gasteiger charge is 2.26. The maximum atomic E-state index is 11.7. The van der Waals surface area contributed by atoms with Gasteiger partial charge >= 0.3 is 5.97 Å². The van der Waals surface area contributed by atoms with Gasteiger partial charge in [-0.25, -0.2) is 0 Å². The molecule has 5 heteroatoms. The van der Waals surface area contributed by atoms with Crippen LogP contribution in [-0.4, -0.2) is 30.1 Å². The SMILES string of the molecule is Cc1cc2c(cc1C)N(CC(=O)O)C(=O)CN2. The van der Waals surface area contributed by atoms with E-state index < -0.39 is 5.97 Å². The summed E-state index contributed by atoms with van der Waals surface area (Å²) >= 11 is 0. The van der Waals surface area contributed by atoms with Gasteiger partial charge in [0.1, 0.15) is 6.54 Å². The van der Waals surface area contributed by atoms with E-state index in [1.54, 1.807) is 0 Å². The highest BCUT2D eigenvalue weighted by molar-refractivity contribution is 6.05. The predicted octanol–water partition coefficient (Wildman–Crippen LogP) is 1.15. The molecule has 0 aromatic heterocycles. The van der Waals surface area contributed by atoms with Crippen molar-refractivity contribution in [3.05, 3.63) is 23.3 Å². The smallest absolute Gasteiger partial charge is 0.323 e. The Kier molecular flexibility index (Phi) is 2.75. The molecule has 0 spiro atoms. The Bertz CT molecular complexity index is 497. The van der Waals surface area contributed by atoms with E-state index in [-0.39, 0.29) is 19.0 Å². The number of hydrogen-bond acceptors (Lipinski definition) is 3. The van der Waals surface area contributed by atoms with Crippen LogP contribution in [0.3, 0.4) is 0 Å². The van der Waals surface area contributed by atoms with E-state index in [4.69, 9.17) is 5.11 Å². The van der Waals surface area contributed by atoms with Gasteiger partial charge in [0.25, 0.3) is 0 Å². The van der Waals surface area contributed by atoms with E-state index in [2.05, 4.69) is 5.32 Å². The standard InChI is InChI=1S/C12H14N2O3/c1-7-3-9-10(4-8(7)2)14(6-12(16)17)11(15)5-13-9/h3-4,13H,5-6H2,1-2H3,(H,16,17). The number of nitrogens with one attached hydrogen (secondary N) is 1. The number of carbonyl (C=O) groups is 2. The minimum Gasteiger partial charge on any atom is -0.480 e. The summed E-state index contributed by atoms with van der Waals surface area (Å²) in [5.74, 6) is -1.23. The zero-order valence-corrected chi connectivity index (χ0v) is 9.78. The molecule has 1 heterocycles. The quantitative estimate of drug-likeness (QED) is 0.805. The second-order valence-electron chi connectivity index (χ2n) is 4.18. The topological polar surface area (TPSA) is 69.6 Å². The Morgan fingerprint density at radius 1 is 1.41 bits per heavy atom. The lowest BCUT2D eigenvalue weighted by atomic mass is 10.1. The predicted molar refractivity (Wildman–Crippen MR) is 64.4 cm³/mol. The second-order valence-corrected chi connectivity index (χ2v) is 4.18. The van der Waals surface area contributed by atoms with Gasteiger partial charge in [0, 0.05) is 0 Å². The van der Waals surface area contributed by atoms with Crippen molar-refractivity contribution in [2.45, 2.75) is 13.8 Å². The summed E-state index contributed by atoms with van der Waals surface area (Å²) in [4.78, 5) is 23.8. The summed E-state index contributed by atoms with van der Waals surface area (Å²) in [5.41, 5.74) is 3.61. The first kappa shape index (κ1) is 11.4. The molecule has 0 unspecified atom stereocenters. The molecular formula is C12H14N2O3. The zero-order valence-electron chi connectivity index (χ0n) is 9.78. The second kappa shape index (κ2) is 4.08. The van der Waals surface area contributed by atoms with E-state index in [1.165, 1.54) is 4.90 Å². The number of carbonyl (C=O) groups excluding carboxylic acids is 1. The van der Waals surface area contributed by atoms with E-state index in [0.29, 0.717) is 5.69 Å². The number of hydrogen-bond donors (Lipinski definition) is 2. The minimum atomic E-state index is -1.01. The van der Waals surface area contributed by atoms with E-state index in [0.717, 1.165) is 16.8 Å². The molecule has 2 rings (SSSR count). The summed E-state index contributed by atoms with van der Waals surface area (Å²) in [7, 11) is 0. The van der Waals surface area contributed by atoms with Crippen LogP contribution in [0.15, 0.2) is 12.1 Å². The lowest BCUT2D eigenvalue weighted by molar-refractivity contribution is -0.136. The molecule has 1 aliphatic rings. The van der Waals surface area contributed by atoms with Gasteiger partial charge in [-0.1, -0.05) is 0 Å². The number of aryl methyl sites for hydroxylation is 2. The van der Waals surface area contributed by atoms with Gasteiger partial charge in [-0.2, -0.15) is 0 Å². The fourth-order valence-electron chi connectivity index (χ4n) is 1.88. The summed E-state index contributed by atoms with van der Waals surface area (Å²) < 4.78 is 0. The Morgan fingerprint density at radius 3 is 2.71 bits per heavy atom. The molecule has 0 bridgehead atoms. The Morgan fingerprint density at radius 2 is 2.06 bits per heavy atom. The number of carboxylic acids is 1. The lowest BCUT2D eigenvalue weighted by Gasteiger charge is -2.29. The van der Waals surface area contributed by atoms with Gasteiger partial charge in [-0.15, -0.1) is 0 Å². The number of benzene rings is 1. The van der Waals surface area contributed by atoms with Crippen molar-refractivity contribution in [2.24, 2.45) is 0 Å². The van der Waals surface area contributed by atoms with Crippen molar-refractivity contribution < 1.29 is 14.7 Å². The van der Waals surface area contributed by atoms with Gasteiger partial charge in [0.2, 0.25) is 5.91 Å². The average Bonchev–Trinajstić information content (AvgIpc) is 2.25. The Hall–Kier alpha value is -2.04. The van der Waals surface area contributed by atoms with Gasteiger partial charge in [-0.3, -0.25) is 14.5 Å². The van der Waals surface area contributed by atoms with Crippen LogP contribution >= 0.6 is 0 Å². The first-order valence-corrected chi connectivity index (χ1v) is 5.36. The van der Waals surface area contributed by atoms with Crippen molar-refractivity contribution in [1.29, 1.82) is 0 Å². The molecule has 5 nitrogen and oxygen atoms in total. The Balaban J connectivity index is 2.47. The molecular weight excluding hydrogens is 220 g/mol. The maximum absolute atomic E-state index is 11.7. The third-order valence-corrected chi connectivity index (χ3v) is 2.93. The molecule has 0 radical (unpaired) electrons. The van der Waals surface area contributed by atoms with Gasteiger partial charge in [0.05, 0.1) is 17.9 Å². The summed E-state index contributed by atoms with van der Waals surface area (Å²) in [6, 6.07) is 3.78. The van der Waals surface area contributed by atoms with Crippen LogP contribution in [0.1, 0.15) is 11.1 Å². The largest absolute Gasteiger partial charge is 0.480 e. The van der Waals surface area contributed by atoms with Crippen LogP contribution in [0, 0.1) is 13.8 Å². The normalized spacial score (nSPS) is 14.2. The summed E-state index contributed by atoms with van der Waals surface area (Å²) in [6.45, 7) is 3.77. The molecule has 1 aromatic carbocycles. The van der Waals surface area contributed by atoms with Gasteiger partial charge in [-0.05, 0) is 37.1 Å². The molecule has 1 amide bonds. The van der Waals surface area contributed by atoms with Crippen LogP contribution in [0.25, 0.3) is 0 Å². The monoisotopic (exact) mass is 234 g/mol. The van der Waals surface area contributed by atoms with E-state index >= 15 is 0 Å². The first-order valence-electron chi connectivity index (χ1n) is 5.36. The molecule has 0 saturated carbocycles. The number of carboxylic acid groups (broad SMARTS) is 1. The van der Waals surface area contributed by atoms with Crippen LogP contribution < -0.4 is 10.2 Å². The number of amides is 1. The number of fused-ring (bicyclic) bond motifs is 1. The molecule has 1 aromatic rings. The molecule has 90 valence electrons. The van der Waals surface area contributed by atoms with Crippen LogP contribution in [0.5, 0.6) is 0 Å². The maximum Gasteiger partial charge on any atom is 0.323 e. The fraction of sp³-hybridized carbons (Fsp3) is 0.333. The molecule has 0 saturated heterocycles. The van der Waals surface area contributed by atoms with Crippen molar-refractivity contribution in [1.82, 2.24) is 0 Å². The van der Waals surface area contributed by atoms with E-state index in [1.807, 2.05) is 26.0 Å². The van der Waals surface area contributed by atoms with Gasteiger partial charge in [0.15, 0.2) is 0 Å². The van der Waals surface area contributed by atoms with Crippen molar-refractivity contribution in [3.63, 3.8) is 0 Å².